The molecule has 3 N–H and O–H groups in total. The van der Waals surface area contributed by atoms with Gasteiger partial charge in [0.1, 0.15) is 5.66 Å². The van der Waals surface area contributed by atoms with Gasteiger partial charge < -0.3 is 16.0 Å². The van der Waals surface area contributed by atoms with E-state index in [1.54, 1.807) is 0 Å². The van der Waals surface area contributed by atoms with Gasteiger partial charge in [-0.15, -0.1) is 0 Å². The number of fused-ring (bicyclic) bond motifs is 3. The highest BCUT2D eigenvalue weighted by atomic mass is 16.2. The summed E-state index contributed by atoms with van der Waals surface area (Å²) in [6, 6.07) is 8.36. The van der Waals surface area contributed by atoms with E-state index < -0.39 is 5.66 Å². The van der Waals surface area contributed by atoms with Crippen molar-refractivity contribution >= 4 is 17.5 Å². The number of nitrogens with one attached hydrogen (secondary N) is 3. The highest BCUT2D eigenvalue weighted by molar-refractivity contribution is 6.02. The van der Waals surface area contributed by atoms with Crippen molar-refractivity contribution in [3.05, 3.63) is 29.8 Å². The van der Waals surface area contributed by atoms with Gasteiger partial charge >= 0.3 is 0 Å². The Morgan fingerprint density at radius 1 is 1.23 bits per heavy atom. The number of likely N-dealkylation sites (tertiary alicyclic amines) is 1. The molecule has 6 heteroatoms. The van der Waals surface area contributed by atoms with Gasteiger partial charge in [0.25, 0.3) is 5.91 Å². The molecule has 3 aliphatic carbocycles. The van der Waals surface area contributed by atoms with Gasteiger partial charge in [0.2, 0.25) is 5.91 Å². The lowest BCUT2D eigenvalue weighted by Crippen LogP contribution is -2.70. The second-order valence-corrected chi connectivity index (χ2v) is 10.6. The smallest absolute Gasteiger partial charge is 0.255 e. The van der Waals surface area contributed by atoms with Gasteiger partial charge in [-0.1, -0.05) is 25.5 Å². The summed E-state index contributed by atoms with van der Waals surface area (Å²) < 4.78 is 0. The molecule has 3 saturated carbocycles. The monoisotopic (exact) mass is 424 g/mol. The third kappa shape index (κ3) is 3.63. The largest absolute Gasteiger partial charge is 0.362 e. The van der Waals surface area contributed by atoms with E-state index in [1.807, 2.05) is 24.3 Å². The van der Waals surface area contributed by atoms with E-state index in [0.717, 1.165) is 51.0 Å². The molecule has 0 aromatic heterocycles. The third-order valence-electron chi connectivity index (χ3n) is 8.63. The molecule has 6 nitrogen and oxygen atoms in total. The van der Waals surface area contributed by atoms with Crippen LogP contribution in [0.4, 0.5) is 5.69 Å². The summed E-state index contributed by atoms with van der Waals surface area (Å²) in [6.07, 6.45) is 7.57. The van der Waals surface area contributed by atoms with Gasteiger partial charge in [0.15, 0.2) is 0 Å². The molecule has 0 radical (unpaired) electrons. The number of amides is 2. The minimum atomic E-state index is -0.432. The predicted octanol–water partition coefficient (Wildman–Crippen LogP) is 3.36. The van der Waals surface area contributed by atoms with Crippen LogP contribution in [0.2, 0.25) is 0 Å². The molecule has 2 heterocycles. The Morgan fingerprint density at radius 2 is 2.06 bits per heavy atom. The molecule has 4 unspecified atom stereocenters. The summed E-state index contributed by atoms with van der Waals surface area (Å²) in [7, 11) is 0. The Kier molecular flexibility index (Phi) is 5.24. The molecule has 1 spiro atoms. The summed E-state index contributed by atoms with van der Waals surface area (Å²) >= 11 is 0. The molecule has 1 aromatic carbocycles. The van der Waals surface area contributed by atoms with E-state index in [1.165, 1.54) is 19.3 Å². The highest BCUT2D eigenvalue weighted by Gasteiger charge is 2.60. The summed E-state index contributed by atoms with van der Waals surface area (Å²) in [5.41, 5.74) is 1.09. The molecule has 5 atom stereocenters. The van der Waals surface area contributed by atoms with E-state index in [2.05, 4.69) is 34.7 Å². The standard InChI is InChI=1S/C25H36N4O2/c1-17-7-5-6-13-29(17)14-12-26-23(31)20-15-18-10-11-24(20,2)16-25(18)27-21-9-4-3-8-19(21)22(30)28-25/h3-4,8-9,17-18,20,27H,5-7,10-16H2,1-2H3,(H,26,31)(H,28,30)/t17?,18?,20?,24?,25-/m0/s1. The van der Waals surface area contributed by atoms with E-state index in [-0.39, 0.29) is 29.1 Å². The Labute approximate surface area is 185 Å². The molecule has 1 saturated heterocycles. The van der Waals surface area contributed by atoms with E-state index >= 15 is 0 Å². The maximum Gasteiger partial charge on any atom is 0.255 e. The molecular formula is C25H36N4O2. The van der Waals surface area contributed by atoms with Crippen molar-refractivity contribution in [1.82, 2.24) is 15.5 Å². The maximum atomic E-state index is 13.2. The van der Waals surface area contributed by atoms with Crippen molar-refractivity contribution in [2.24, 2.45) is 17.3 Å². The average molecular weight is 425 g/mol. The first-order valence-electron chi connectivity index (χ1n) is 12.1. The van der Waals surface area contributed by atoms with Crippen LogP contribution in [0, 0.1) is 17.3 Å². The molecule has 2 amide bonds. The number of hydrogen-bond donors (Lipinski definition) is 3. The minimum absolute atomic E-state index is 0.00199. The van der Waals surface area contributed by atoms with Crippen LogP contribution in [0.5, 0.6) is 0 Å². The topological polar surface area (TPSA) is 73.5 Å². The number of rotatable bonds is 4. The van der Waals surface area contributed by atoms with E-state index in [0.29, 0.717) is 11.6 Å². The number of benzene rings is 1. The fourth-order valence-corrected chi connectivity index (χ4v) is 6.79. The van der Waals surface area contributed by atoms with Gasteiger partial charge in [0.05, 0.1) is 5.56 Å². The van der Waals surface area contributed by atoms with Crippen LogP contribution in [0.3, 0.4) is 0 Å². The number of piperidine rings is 1. The number of nitrogens with zero attached hydrogens (tertiary/aromatic N) is 1. The zero-order chi connectivity index (χ0) is 21.6. The molecule has 5 aliphatic rings. The summed E-state index contributed by atoms with van der Waals surface area (Å²) in [5.74, 6) is 0.493. The van der Waals surface area contributed by atoms with Gasteiger partial charge in [-0.25, -0.2) is 0 Å². The van der Waals surface area contributed by atoms with Crippen LogP contribution in [-0.4, -0.2) is 48.1 Å². The number of carbonyl (C=O) groups is 2. The molecule has 2 bridgehead atoms. The molecular weight excluding hydrogens is 388 g/mol. The number of anilines is 1. The lowest BCUT2D eigenvalue weighted by atomic mass is 9.51. The molecule has 2 aliphatic heterocycles. The molecule has 31 heavy (non-hydrogen) atoms. The fraction of sp³-hybridized carbons (Fsp3) is 0.680. The second-order valence-electron chi connectivity index (χ2n) is 10.6. The first kappa shape index (κ1) is 20.8. The number of hydrogen-bond acceptors (Lipinski definition) is 4. The van der Waals surface area contributed by atoms with Crippen LogP contribution in [0.25, 0.3) is 0 Å². The van der Waals surface area contributed by atoms with Crippen LogP contribution >= 0.6 is 0 Å². The van der Waals surface area contributed by atoms with Crippen molar-refractivity contribution < 1.29 is 9.59 Å². The third-order valence-corrected chi connectivity index (χ3v) is 8.63. The molecule has 6 rings (SSSR count). The lowest BCUT2D eigenvalue weighted by Gasteiger charge is -2.60. The Bertz CT molecular complexity index is 873. The Hall–Kier alpha value is -2.08. The van der Waals surface area contributed by atoms with Gasteiger partial charge in [-0.3, -0.25) is 14.5 Å². The van der Waals surface area contributed by atoms with Crippen LogP contribution in [0.15, 0.2) is 24.3 Å². The summed E-state index contributed by atoms with van der Waals surface area (Å²) in [4.78, 5) is 28.6. The lowest BCUT2D eigenvalue weighted by molar-refractivity contribution is -0.139. The summed E-state index contributed by atoms with van der Waals surface area (Å²) in [6.45, 7) is 7.36. The maximum absolute atomic E-state index is 13.2. The zero-order valence-corrected chi connectivity index (χ0v) is 18.9. The highest BCUT2D eigenvalue weighted by Crippen LogP contribution is 2.58. The fourth-order valence-electron chi connectivity index (χ4n) is 6.79. The summed E-state index contributed by atoms with van der Waals surface area (Å²) in [5, 5.41) is 10.2. The number of para-hydroxylation sites is 1. The average Bonchev–Trinajstić information content (AvgIpc) is 2.74. The molecule has 1 aromatic rings. The Morgan fingerprint density at radius 3 is 2.87 bits per heavy atom. The molecule has 4 fully saturated rings. The van der Waals surface area contributed by atoms with Crippen LogP contribution in [0.1, 0.15) is 69.2 Å². The second kappa shape index (κ2) is 7.80. The Balaban J connectivity index is 1.25. The van der Waals surface area contributed by atoms with Crippen LogP contribution in [-0.2, 0) is 4.79 Å². The zero-order valence-electron chi connectivity index (χ0n) is 18.9. The van der Waals surface area contributed by atoms with Crippen molar-refractivity contribution in [1.29, 1.82) is 0 Å². The van der Waals surface area contributed by atoms with Gasteiger partial charge in [-0.2, -0.15) is 0 Å². The normalized spacial score (nSPS) is 37.1. The SMILES string of the molecule is CC1CCCCN1CCNC(=O)C1CC2CCC1(C)C[C@]21NC(=O)c2ccccc2N1. The van der Waals surface area contributed by atoms with Gasteiger partial charge in [-0.05, 0) is 69.5 Å². The van der Waals surface area contributed by atoms with Crippen molar-refractivity contribution in [3.63, 3.8) is 0 Å². The predicted molar refractivity (Wildman–Crippen MR) is 122 cm³/mol. The number of carbonyl (C=O) groups excluding carboxylic acids is 2. The van der Waals surface area contributed by atoms with Crippen molar-refractivity contribution in [3.8, 4) is 0 Å². The first-order valence-corrected chi connectivity index (χ1v) is 12.1. The molecule has 168 valence electrons. The minimum Gasteiger partial charge on any atom is -0.362 e. The van der Waals surface area contributed by atoms with E-state index in [9.17, 15) is 9.59 Å². The van der Waals surface area contributed by atoms with Crippen molar-refractivity contribution in [2.45, 2.75) is 70.5 Å². The first-order chi connectivity index (χ1) is 14.9. The van der Waals surface area contributed by atoms with Crippen molar-refractivity contribution in [2.75, 3.05) is 25.0 Å². The van der Waals surface area contributed by atoms with Gasteiger partial charge in [0, 0.05) is 36.7 Å². The van der Waals surface area contributed by atoms with Crippen LogP contribution < -0.4 is 16.0 Å². The van der Waals surface area contributed by atoms with E-state index in [4.69, 9.17) is 0 Å². The quantitative estimate of drug-likeness (QED) is 0.693.